The van der Waals surface area contributed by atoms with Gasteiger partial charge in [-0.05, 0) is 18.1 Å². The van der Waals surface area contributed by atoms with Crippen LogP contribution in [-0.2, 0) is 11.3 Å². The van der Waals surface area contributed by atoms with Crippen molar-refractivity contribution in [1.82, 2.24) is 10.3 Å². The Bertz CT molecular complexity index is 425. The quantitative estimate of drug-likeness (QED) is 0.885. The molecule has 1 aromatic heterocycles. The molecule has 1 aromatic rings. The number of carbonyl (C=O) groups is 1. The fourth-order valence-electron chi connectivity index (χ4n) is 1.73. The summed E-state index contributed by atoms with van der Waals surface area (Å²) in [7, 11) is 0. The summed E-state index contributed by atoms with van der Waals surface area (Å²) in [6, 6.07) is 0. The van der Waals surface area contributed by atoms with Gasteiger partial charge in [0.2, 0.25) is 0 Å². The van der Waals surface area contributed by atoms with E-state index < -0.39 is 5.60 Å². The van der Waals surface area contributed by atoms with Crippen LogP contribution in [0.3, 0.4) is 0 Å². The number of hydrogen-bond acceptors (Lipinski definition) is 5. The Hall–Kier alpha value is -0.590. The lowest BCUT2D eigenvalue weighted by Gasteiger charge is -2.19. The van der Waals surface area contributed by atoms with Gasteiger partial charge in [-0.25, -0.2) is 4.98 Å². The Balaban J connectivity index is 1.89. The minimum atomic E-state index is -1.18. The van der Waals surface area contributed by atoms with Crippen molar-refractivity contribution in [3.8, 4) is 0 Å². The predicted octanol–water partition coefficient (Wildman–Crippen LogP) is 1.75. The highest BCUT2D eigenvalue weighted by molar-refractivity contribution is 7.99. The fourth-order valence-corrected chi connectivity index (χ4v) is 3.86. The molecule has 1 saturated heterocycles. The van der Waals surface area contributed by atoms with Gasteiger partial charge in [-0.1, -0.05) is 13.8 Å². The molecule has 1 amide bonds. The van der Waals surface area contributed by atoms with Crippen LogP contribution >= 0.6 is 23.1 Å². The van der Waals surface area contributed by atoms with Crippen LogP contribution in [0.1, 0.15) is 36.9 Å². The largest absolute Gasteiger partial charge is 0.379 e. The van der Waals surface area contributed by atoms with Crippen LogP contribution in [0, 0.1) is 0 Å². The van der Waals surface area contributed by atoms with Gasteiger partial charge in [0.25, 0.3) is 5.91 Å². The highest BCUT2D eigenvalue weighted by atomic mass is 32.2. The Morgan fingerprint density at radius 2 is 2.44 bits per heavy atom. The SMILES string of the molecule is CC(C)c1csc(CNC(=O)C2(O)CCSC2)n1. The highest BCUT2D eigenvalue weighted by Crippen LogP contribution is 2.28. The molecule has 0 saturated carbocycles. The molecule has 0 radical (unpaired) electrons. The molecule has 0 aromatic carbocycles. The Kier molecular flexibility index (Phi) is 4.29. The van der Waals surface area contributed by atoms with E-state index in [1.54, 1.807) is 23.1 Å². The molecule has 100 valence electrons. The van der Waals surface area contributed by atoms with Gasteiger partial charge in [0, 0.05) is 11.1 Å². The zero-order valence-electron chi connectivity index (χ0n) is 10.6. The van der Waals surface area contributed by atoms with E-state index in [1.165, 1.54) is 0 Å². The molecule has 2 rings (SSSR count). The number of thiazole rings is 1. The van der Waals surface area contributed by atoms with E-state index in [-0.39, 0.29) is 5.91 Å². The van der Waals surface area contributed by atoms with Crippen LogP contribution in [0.4, 0.5) is 0 Å². The van der Waals surface area contributed by atoms with E-state index in [0.717, 1.165) is 16.5 Å². The molecule has 1 fully saturated rings. The second-order valence-electron chi connectivity index (χ2n) is 4.84. The molecule has 1 unspecified atom stereocenters. The first-order valence-electron chi connectivity index (χ1n) is 6.04. The molecule has 18 heavy (non-hydrogen) atoms. The minimum absolute atomic E-state index is 0.270. The summed E-state index contributed by atoms with van der Waals surface area (Å²) >= 11 is 3.16. The van der Waals surface area contributed by atoms with Crippen molar-refractivity contribution in [2.24, 2.45) is 0 Å². The van der Waals surface area contributed by atoms with Gasteiger partial charge < -0.3 is 10.4 Å². The molecule has 0 spiro atoms. The third kappa shape index (κ3) is 3.05. The van der Waals surface area contributed by atoms with Crippen molar-refractivity contribution >= 4 is 29.0 Å². The topological polar surface area (TPSA) is 62.2 Å². The highest BCUT2D eigenvalue weighted by Gasteiger charge is 2.39. The van der Waals surface area contributed by atoms with E-state index in [4.69, 9.17) is 0 Å². The van der Waals surface area contributed by atoms with Crippen molar-refractivity contribution in [2.75, 3.05) is 11.5 Å². The second-order valence-corrected chi connectivity index (χ2v) is 6.89. The number of carbonyl (C=O) groups excluding carboxylic acids is 1. The lowest BCUT2D eigenvalue weighted by molar-refractivity contribution is -0.137. The van der Waals surface area contributed by atoms with Crippen molar-refractivity contribution < 1.29 is 9.90 Å². The number of amides is 1. The van der Waals surface area contributed by atoms with Gasteiger partial charge in [0.1, 0.15) is 5.01 Å². The molecule has 2 N–H and O–H groups in total. The van der Waals surface area contributed by atoms with E-state index in [0.29, 0.717) is 24.6 Å². The number of hydrogen-bond donors (Lipinski definition) is 2. The van der Waals surface area contributed by atoms with Crippen molar-refractivity contribution in [3.05, 3.63) is 16.1 Å². The maximum atomic E-state index is 11.9. The van der Waals surface area contributed by atoms with E-state index in [1.807, 2.05) is 5.38 Å². The van der Waals surface area contributed by atoms with Crippen molar-refractivity contribution in [3.63, 3.8) is 0 Å². The number of thioether (sulfide) groups is 1. The molecule has 0 bridgehead atoms. The van der Waals surface area contributed by atoms with Gasteiger partial charge in [-0.3, -0.25) is 4.79 Å². The van der Waals surface area contributed by atoms with E-state index >= 15 is 0 Å². The van der Waals surface area contributed by atoms with Crippen LogP contribution in [0.5, 0.6) is 0 Å². The predicted molar refractivity (Wildman–Crippen MR) is 74.9 cm³/mol. The van der Waals surface area contributed by atoms with Crippen molar-refractivity contribution in [2.45, 2.75) is 38.3 Å². The van der Waals surface area contributed by atoms with Crippen LogP contribution in [0.25, 0.3) is 0 Å². The zero-order chi connectivity index (χ0) is 13.2. The average Bonchev–Trinajstić information content (AvgIpc) is 2.95. The number of nitrogens with zero attached hydrogens (tertiary/aromatic N) is 1. The number of rotatable bonds is 4. The molecule has 0 aliphatic carbocycles. The first-order chi connectivity index (χ1) is 8.51. The lowest BCUT2D eigenvalue weighted by atomic mass is 10.0. The molecular weight excluding hydrogens is 268 g/mol. The van der Waals surface area contributed by atoms with Crippen LogP contribution < -0.4 is 5.32 Å². The molecular formula is C12H18N2O2S2. The third-order valence-corrected chi connectivity index (χ3v) is 5.03. The summed E-state index contributed by atoms with van der Waals surface area (Å²) in [5, 5.41) is 15.8. The molecule has 1 aliphatic heterocycles. The summed E-state index contributed by atoms with van der Waals surface area (Å²) in [5.41, 5.74) is -0.123. The van der Waals surface area contributed by atoms with Gasteiger partial charge in [-0.2, -0.15) is 11.8 Å². The molecule has 4 nitrogen and oxygen atoms in total. The monoisotopic (exact) mass is 286 g/mol. The van der Waals surface area contributed by atoms with E-state index in [2.05, 4.69) is 24.1 Å². The van der Waals surface area contributed by atoms with Gasteiger partial charge in [0.15, 0.2) is 5.60 Å². The number of nitrogens with one attached hydrogen (secondary N) is 1. The maximum Gasteiger partial charge on any atom is 0.253 e. The van der Waals surface area contributed by atoms with Crippen LogP contribution in [0.2, 0.25) is 0 Å². The molecule has 2 heterocycles. The Labute approximate surface area is 115 Å². The third-order valence-electron chi connectivity index (χ3n) is 2.98. The lowest BCUT2D eigenvalue weighted by Crippen LogP contribution is -2.46. The van der Waals surface area contributed by atoms with Gasteiger partial charge in [-0.15, -0.1) is 11.3 Å². The summed E-state index contributed by atoms with van der Waals surface area (Å²) < 4.78 is 0. The number of aliphatic hydroxyl groups is 1. The fraction of sp³-hybridized carbons (Fsp3) is 0.667. The first-order valence-corrected chi connectivity index (χ1v) is 8.07. The Morgan fingerprint density at radius 3 is 3.00 bits per heavy atom. The maximum absolute atomic E-state index is 11.9. The van der Waals surface area contributed by atoms with Gasteiger partial charge >= 0.3 is 0 Å². The summed E-state index contributed by atoms with van der Waals surface area (Å²) in [6.07, 6.45) is 0.540. The van der Waals surface area contributed by atoms with E-state index in [9.17, 15) is 9.90 Å². The normalized spacial score (nSPS) is 23.6. The van der Waals surface area contributed by atoms with Crippen LogP contribution in [0.15, 0.2) is 5.38 Å². The smallest absolute Gasteiger partial charge is 0.253 e. The molecule has 1 atom stereocenters. The second kappa shape index (κ2) is 5.59. The van der Waals surface area contributed by atoms with Crippen molar-refractivity contribution in [1.29, 1.82) is 0 Å². The average molecular weight is 286 g/mol. The minimum Gasteiger partial charge on any atom is -0.379 e. The Morgan fingerprint density at radius 1 is 1.67 bits per heavy atom. The standard InChI is InChI=1S/C12H18N2O2S2/c1-8(2)9-6-18-10(14-9)5-13-11(15)12(16)3-4-17-7-12/h6,8,16H,3-5,7H2,1-2H3,(H,13,15). The molecule has 6 heteroatoms. The number of aromatic nitrogens is 1. The summed E-state index contributed by atoms with van der Waals surface area (Å²) in [6.45, 7) is 4.59. The molecule has 1 aliphatic rings. The first kappa shape index (κ1) is 13.8. The summed E-state index contributed by atoms with van der Waals surface area (Å²) in [4.78, 5) is 16.3. The van der Waals surface area contributed by atoms with Crippen LogP contribution in [-0.4, -0.2) is 33.1 Å². The summed E-state index contributed by atoms with van der Waals surface area (Å²) in [5.74, 6) is 1.47. The zero-order valence-corrected chi connectivity index (χ0v) is 12.2. The van der Waals surface area contributed by atoms with Gasteiger partial charge in [0.05, 0.1) is 12.2 Å².